The molecule has 0 N–H and O–H groups in total. The Hall–Kier alpha value is -0.460. The lowest BCUT2D eigenvalue weighted by Gasteiger charge is -2.02. The van der Waals surface area contributed by atoms with Crippen LogP contribution < -0.4 is 0 Å². The molecule has 0 spiro atoms. The van der Waals surface area contributed by atoms with Gasteiger partial charge >= 0.3 is 0 Å². The molecule has 1 rings (SSSR count). The van der Waals surface area contributed by atoms with Crippen LogP contribution in [0.15, 0.2) is 35.9 Å². The molecule has 1 aromatic carbocycles. The predicted molar refractivity (Wildman–Crippen MR) is 59.4 cm³/mol. The zero-order valence-corrected chi connectivity index (χ0v) is 8.91. The van der Waals surface area contributed by atoms with E-state index in [1.54, 1.807) is 0 Å². The van der Waals surface area contributed by atoms with Crippen molar-refractivity contribution in [2.24, 2.45) is 0 Å². The number of hydrogen-bond donors (Lipinski definition) is 0. The molecule has 0 aliphatic carbocycles. The summed E-state index contributed by atoms with van der Waals surface area (Å²) >= 11 is 11.6. The normalized spacial score (nSPS) is 10.0. The summed E-state index contributed by atoms with van der Waals surface area (Å²) in [6.07, 6.45) is 2.82. The van der Waals surface area contributed by atoms with Crippen LogP contribution in [-0.2, 0) is 6.42 Å². The molecular formula is C11H12Cl2. The van der Waals surface area contributed by atoms with Crippen molar-refractivity contribution in [1.29, 1.82) is 0 Å². The van der Waals surface area contributed by atoms with Crippen LogP contribution in [0.2, 0.25) is 5.02 Å². The number of halogens is 2. The molecule has 0 saturated heterocycles. The zero-order valence-electron chi connectivity index (χ0n) is 7.39. The molecule has 0 aliphatic heterocycles. The van der Waals surface area contributed by atoms with E-state index in [0.717, 1.165) is 24.3 Å². The van der Waals surface area contributed by atoms with Crippen molar-refractivity contribution in [2.45, 2.75) is 19.3 Å². The number of rotatable bonds is 4. The molecule has 0 aromatic heterocycles. The van der Waals surface area contributed by atoms with E-state index in [4.69, 9.17) is 23.2 Å². The van der Waals surface area contributed by atoms with Crippen molar-refractivity contribution in [3.8, 4) is 0 Å². The highest BCUT2D eigenvalue weighted by molar-refractivity contribution is 6.31. The van der Waals surface area contributed by atoms with E-state index in [1.807, 2.05) is 24.3 Å². The molecule has 0 nitrogen and oxygen atoms in total. The molecule has 0 atom stereocenters. The Kier molecular flexibility index (Phi) is 4.34. The largest absolute Gasteiger partial charge is 0.0898 e. The molecule has 0 saturated carbocycles. The molecule has 0 bridgehead atoms. The van der Waals surface area contributed by atoms with Crippen LogP contribution in [0.25, 0.3) is 0 Å². The zero-order chi connectivity index (χ0) is 9.68. The van der Waals surface area contributed by atoms with Crippen molar-refractivity contribution < 1.29 is 0 Å². The predicted octanol–water partition coefficient (Wildman–Crippen LogP) is 4.42. The van der Waals surface area contributed by atoms with Gasteiger partial charge in [-0.05, 0) is 30.9 Å². The number of allylic oxidation sites excluding steroid dienone is 1. The monoisotopic (exact) mass is 214 g/mol. The average molecular weight is 215 g/mol. The number of hydrogen-bond acceptors (Lipinski definition) is 0. The minimum Gasteiger partial charge on any atom is -0.0898 e. The Bertz CT molecular complexity index is 292. The highest BCUT2D eigenvalue weighted by Crippen LogP contribution is 2.18. The maximum Gasteiger partial charge on any atom is 0.0437 e. The van der Waals surface area contributed by atoms with Crippen LogP contribution in [-0.4, -0.2) is 0 Å². The Balaban J connectivity index is 2.45. The Labute approximate surface area is 89.2 Å². The van der Waals surface area contributed by atoms with E-state index < -0.39 is 0 Å². The molecule has 0 fully saturated rings. The first-order valence-corrected chi connectivity index (χ1v) is 5.02. The van der Waals surface area contributed by atoms with Gasteiger partial charge in [0.05, 0.1) is 0 Å². The van der Waals surface area contributed by atoms with Crippen molar-refractivity contribution >= 4 is 23.2 Å². The van der Waals surface area contributed by atoms with Crippen LogP contribution in [0, 0.1) is 0 Å². The summed E-state index contributed by atoms with van der Waals surface area (Å²) in [5.74, 6) is 0. The first kappa shape index (κ1) is 10.6. The standard InChI is InChI=1S/C11H12Cl2/c1-9(12)5-4-7-10-6-2-3-8-11(10)13/h2-3,6,8H,1,4-5,7H2. The van der Waals surface area contributed by atoms with E-state index in [9.17, 15) is 0 Å². The van der Waals surface area contributed by atoms with E-state index in [-0.39, 0.29) is 0 Å². The fraction of sp³-hybridized carbons (Fsp3) is 0.273. The van der Waals surface area contributed by atoms with Gasteiger partial charge in [-0.25, -0.2) is 0 Å². The van der Waals surface area contributed by atoms with Gasteiger partial charge in [0.15, 0.2) is 0 Å². The fourth-order valence-electron chi connectivity index (χ4n) is 1.17. The van der Waals surface area contributed by atoms with Crippen LogP contribution in [0.4, 0.5) is 0 Å². The summed E-state index contributed by atoms with van der Waals surface area (Å²) in [4.78, 5) is 0. The first-order valence-electron chi connectivity index (χ1n) is 4.27. The maximum atomic E-state index is 5.98. The summed E-state index contributed by atoms with van der Waals surface area (Å²) in [6, 6.07) is 7.88. The Morgan fingerprint density at radius 2 is 2.00 bits per heavy atom. The molecule has 2 heteroatoms. The summed E-state index contributed by atoms with van der Waals surface area (Å²) < 4.78 is 0. The van der Waals surface area contributed by atoms with E-state index in [0.29, 0.717) is 5.03 Å². The van der Waals surface area contributed by atoms with Gasteiger partial charge in [-0.2, -0.15) is 0 Å². The molecular weight excluding hydrogens is 203 g/mol. The third kappa shape index (κ3) is 3.84. The van der Waals surface area contributed by atoms with Crippen molar-refractivity contribution in [3.05, 3.63) is 46.5 Å². The van der Waals surface area contributed by atoms with Crippen molar-refractivity contribution in [3.63, 3.8) is 0 Å². The Morgan fingerprint density at radius 1 is 1.31 bits per heavy atom. The highest BCUT2D eigenvalue weighted by atomic mass is 35.5. The molecule has 0 radical (unpaired) electrons. The van der Waals surface area contributed by atoms with Gasteiger partial charge < -0.3 is 0 Å². The van der Waals surface area contributed by atoms with Gasteiger partial charge in [-0.1, -0.05) is 48.0 Å². The molecule has 0 amide bonds. The molecule has 0 aliphatic rings. The lowest BCUT2D eigenvalue weighted by Crippen LogP contribution is -1.86. The molecule has 1 aromatic rings. The van der Waals surface area contributed by atoms with E-state index in [1.165, 1.54) is 5.56 Å². The number of aryl methyl sites for hydroxylation is 1. The quantitative estimate of drug-likeness (QED) is 0.697. The van der Waals surface area contributed by atoms with Gasteiger partial charge in [-0.3, -0.25) is 0 Å². The summed E-state index contributed by atoms with van der Waals surface area (Å²) in [5, 5.41) is 1.55. The second-order valence-electron chi connectivity index (χ2n) is 2.96. The van der Waals surface area contributed by atoms with Crippen LogP contribution in [0.3, 0.4) is 0 Å². The van der Waals surface area contributed by atoms with Gasteiger partial charge in [0, 0.05) is 10.1 Å². The lowest BCUT2D eigenvalue weighted by molar-refractivity contribution is 0.836. The summed E-state index contributed by atoms with van der Waals surface area (Å²) in [6.45, 7) is 3.64. The lowest BCUT2D eigenvalue weighted by atomic mass is 10.1. The highest BCUT2D eigenvalue weighted by Gasteiger charge is 1.98. The molecule has 70 valence electrons. The average Bonchev–Trinajstić information content (AvgIpc) is 2.08. The van der Waals surface area contributed by atoms with E-state index in [2.05, 4.69) is 6.58 Å². The van der Waals surface area contributed by atoms with Crippen molar-refractivity contribution in [1.82, 2.24) is 0 Å². The molecule has 0 heterocycles. The van der Waals surface area contributed by atoms with Gasteiger partial charge in [0.2, 0.25) is 0 Å². The van der Waals surface area contributed by atoms with Gasteiger partial charge in [-0.15, -0.1) is 0 Å². The molecule has 13 heavy (non-hydrogen) atoms. The minimum absolute atomic E-state index is 0.715. The molecule has 0 unspecified atom stereocenters. The number of benzene rings is 1. The fourth-order valence-corrected chi connectivity index (χ4v) is 1.54. The van der Waals surface area contributed by atoms with E-state index >= 15 is 0 Å². The summed E-state index contributed by atoms with van der Waals surface area (Å²) in [5.41, 5.74) is 1.18. The van der Waals surface area contributed by atoms with Gasteiger partial charge in [0.25, 0.3) is 0 Å². The second kappa shape index (κ2) is 5.31. The Morgan fingerprint density at radius 3 is 2.62 bits per heavy atom. The summed E-state index contributed by atoms with van der Waals surface area (Å²) in [7, 11) is 0. The van der Waals surface area contributed by atoms with Crippen LogP contribution in [0.5, 0.6) is 0 Å². The smallest absolute Gasteiger partial charge is 0.0437 e. The topological polar surface area (TPSA) is 0 Å². The van der Waals surface area contributed by atoms with Gasteiger partial charge in [0.1, 0.15) is 0 Å². The first-order chi connectivity index (χ1) is 6.20. The SMILES string of the molecule is C=C(Cl)CCCc1ccccc1Cl. The van der Waals surface area contributed by atoms with Crippen LogP contribution >= 0.6 is 23.2 Å². The van der Waals surface area contributed by atoms with Crippen molar-refractivity contribution in [2.75, 3.05) is 0 Å². The third-order valence-corrected chi connectivity index (χ3v) is 2.41. The minimum atomic E-state index is 0.715. The third-order valence-electron chi connectivity index (χ3n) is 1.85. The van der Waals surface area contributed by atoms with Crippen LogP contribution in [0.1, 0.15) is 18.4 Å². The maximum absolute atomic E-state index is 5.98. The second-order valence-corrected chi connectivity index (χ2v) is 3.90.